The van der Waals surface area contributed by atoms with Gasteiger partial charge in [0.05, 0.1) is 0 Å². The zero-order chi connectivity index (χ0) is 13.6. The van der Waals surface area contributed by atoms with Crippen LogP contribution < -0.4 is 5.32 Å². The molecule has 0 aromatic heterocycles. The smallest absolute Gasteiger partial charge is 0.247 e. The van der Waals surface area contributed by atoms with Crippen molar-refractivity contribution in [2.75, 3.05) is 6.61 Å². The van der Waals surface area contributed by atoms with Crippen LogP contribution in [-0.4, -0.2) is 23.4 Å². The topological polar surface area (TPSA) is 58.6 Å². The van der Waals surface area contributed by atoms with E-state index in [1.807, 2.05) is 0 Å². The van der Waals surface area contributed by atoms with E-state index in [1.54, 1.807) is 6.07 Å². The summed E-state index contributed by atoms with van der Waals surface area (Å²) in [6, 6.07) is 4.32. The van der Waals surface area contributed by atoms with Gasteiger partial charge < -0.3 is 15.2 Å². The van der Waals surface area contributed by atoms with Crippen LogP contribution in [0.15, 0.2) is 22.7 Å². The van der Waals surface area contributed by atoms with Gasteiger partial charge in [-0.2, -0.15) is 0 Å². The molecule has 1 fully saturated rings. The first-order valence-electron chi connectivity index (χ1n) is 5.39. The largest absolute Gasteiger partial charge is 0.364 e. The number of amides is 1. The Morgan fingerprint density at radius 1 is 1.50 bits per heavy atom. The Labute approximate surface area is 112 Å². The van der Waals surface area contributed by atoms with Crippen LogP contribution in [-0.2, 0) is 15.1 Å². The molecule has 2 unspecified atom stereocenters. The van der Waals surface area contributed by atoms with Crippen LogP contribution in [0.1, 0.15) is 19.4 Å². The van der Waals surface area contributed by atoms with E-state index in [1.165, 1.54) is 26.0 Å². The standard InChI is InChI=1S/C12H13BrFNO3/c1-11(8-5-7(13)3-4-9(8)14)12(2,17)18-6-10(16)15-11/h3-5,17H,6H2,1-2H3,(H,15,16). The Hall–Kier alpha value is -0.980. The zero-order valence-corrected chi connectivity index (χ0v) is 11.5. The molecule has 0 bridgehead atoms. The molecule has 1 aliphatic heterocycles. The number of aliphatic hydroxyl groups is 1. The molecule has 0 aliphatic carbocycles. The number of carbonyl (C=O) groups excluding carboxylic acids is 1. The highest BCUT2D eigenvalue weighted by Gasteiger charge is 2.51. The Balaban J connectivity index is 2.57. The summed E-state index contributed by atoms with van der Waals surface area (Å²) in [4.78, 5) is 11.5. The monoisotopic (exact) mass is 317 g/mol. The van der Waals surface area contributed by atoms with E-state index >= 15 is 0 Å². The zero-order valence-electron chi connectivity index (χ0n) is 9.96. The van der Waals surface area contributed by atoms with Crippen molar-refractivity contribution < 1.29 is 19.0 Å². The van der Waals surface area contributed by atoms with Gasteiger partial charge in [-0.15, -0.1) is 0 Å². The average molecular weight is 318 g/mol. The normalized spacial score (nSPS) is 32.2. The Kier molecular flexibility index (Phi) is 3.21. The Morgan fingerprint density at radius 3 is 2.83 bits per heavy atom. The van der Waals surface area contributed by atoms with Gasteiger partial charge >= 0.3 is 0 Å². The number of halogens is 2. The summed E-state index contributed by atoms with van der Waals surface area (Å²) in [7, 11) is 0. The van der Waals surface area contributed by atoms with Crippen molar-refractivity contribution in [2.45, 2.75) is 25.2 Å². The molecule has 2 rings (SSSR count). The Morgan fingerprint density at radius 2 is 2.17 bits per heavy atom. The summed E-state index contributed by atoms with van der Waals surface area (Å²) < 4.78 is 19.7. The van der Waals surface area contributed by atoms with Gasteiger partial charge in [0.1, 0.15) is 18.0 Å². The predicted molar refractivity (Wildman–Crippen MR) is 66.2 cm³/mol. The van der Waals surface area contributed by atoms with Gasteiger partial charge in [0.2, 0.25) is 5.91 Å². The molecule has 0 radical (unpaired) electrons. The lowest BCUT2D eigenvalue weighted by molar-refractivity contribution is -0.254. The molecular weight excluding hydrogens is 305 g/mol. The molecule has 0 saturated carbocycles. The van der Waals surface area contributed by atoms with E-state index in [2.05, 4.69) is 21.2 Å². The second-order valence-electron chi connectivity index (χ2n) is 4.57. The maximum atomic E-state index is 13.9. The lowest BCUT2D eigenvalue weighted by Crippen LogP contribution is -2.65. The van der Waals surface area contributed by atoms with Crippen molar-refractivity contribution >= 4 is 21.8 Å². The lowest BCUT2D eigenvalue weighted by Gasteiger charge is -2.46. The third-order valence-corrected chi connectivity index (χ3v) is 3.76. The molecule has 1 aromatic carbocycles. The lowest BCUT2D eigenvalue weighted by atomic mass is 9.82. The molecule has 2 atom stereocenters. The molecule has 18 heavy (non-hydrogen) atoms. The Bertz CT molecular complexity index is 506. The molecule has 1 aliphatic rings. The van der Waals surface area contributed by atoms with E-state index in [4.69, 9.17) is 4.74 Å². The molecule has 1 amide bonds. The van der Waals surface area contributed by atoms with Crippen LogP contribution in [0, 0.1) is 5.82 Å². The summed E-state index contributed by atoms with van der Waals surface area (Å²) in [5.74, 6) is -2.61. The van der Waals surface area contributed by atoms with Crippen molar-refractivity contribution in [1.29, 1.82) is 0 Å². The van der Waals surface area contributed by atoms with Crippen molar-refractivity contribution in [3.8, 4) is 0 Å². The maximum Gasteiger partial charge on any atom is 0.247 e. The first kappa shape index (κ1) is 13.5. The predicted octanol–water partition coefficient (Wildman–Crippen LogP) is 1.66. The van der Waals surface area contributed by atoms with Crippen molar-refractivity contribution in [3.63, 3.8) is 0 Å². The first-order chi connectivity index (χ1) is 8.26. The highest BCUT2D eigenvalue weighted by molar-refractivity contribution is 9.10. The fraction of sp³-hybridized carbons (Fsp3) is 0.417. The minimum atomic E-state index is -1.69. The van der Waals surface area contributed by atoms with Crippen LogP contribution in [0.5, 0.6) is 0 Å². The average Bonchev–Trinajstić information content (AvgIpc) is 2.28. The number of hydrogen-bond donors (Lipinski definition) is 2. The number of nitrogens with one attached hydrogen (secondary N) is 1. The summed E-state index contributed by atoms with van der Waals surface area (Å²) in [5.41, 5.74) is -1.19. The van der Waals surface area contributed by atoms with Crippen LogP contribution in [0.25, 0.3) is 0 Å². The summed E-state index contributed by atoms with van der Waals surface area (Å²) in [6.45, 7) is 2.67. The number of morpholine rings is 1. The number of ether oxygens (including phenoxy) is 1. The summed E-state index contributed by atoms with van der Waals surface area (Å²) in [5, 5.41) is 12.9. The fourth-order valence-electron chi connectivity index (χ4n) is 1.98. The van der Waals surface area contributed by atoms with E-state index in [-0.39, 0.29) is 12.2 Å². The van der Waals surface area contributed by atoms with Crippen molar-refractivity contribution in [2.24, 2.45) is 0 Å². The number of rotatable bonds is 1. The van der Waals surface area contributed by atoms with E-state index in [0.717, 1.165) is 0 Å². The molecule has 1 saturated heterocycles. The molecular formula is C12H13BrFNO3. The number of hydrogen-bond acceptors (Lipinski definition) is 3. The third-order valence-electron chi connectivity index (χ3n) is 3.27. The molecule has 6 heteroatoms. The highest BCUT2D eigenvalue weighted by Crippen LogP contribution is 2.38. The third kappa shape index (κ3) is 2.04. The number of carbonyl (C=O) groups is 1. The summed E-state index contributed by atoms with van der Waals surface area (Å²) >= 11 is 3.24. The van der Waals surface area contributed by atoms with Gasteiger partial charge in [-0.1, -0.05) is 15.9 Å². The van der Waals surface area contributed by atoms with Crippen molar-refractivity contribution in [1.82, 2.24) is 5.32 Å². The van der Waals surface area contributed by atoms with Gasteiger partial charge in [0, 0.05) is 10.0 Å². The van der Waals surface area contributed by atoms with E-state index < -0.39 is 23.1 Å². The minimum absolute atomic E-state index is 0.162. The van der Waals surface area contributed by atoms with Crippen LogP contribution in [0.4, 0.5) is 4.39 Å². The van der Waals surface area contributed by atoms with Gasteiger partial charge in [-0.05, 0) is 32.0 Å². The van der Waals surface area contributed by atoms with Gasteiger partial charge in [0.25, 0.3) is 0 Å². The molecule has 1 heterocycles. The molecule has 4 nitrogen and oxygen atoms in total. The van der Waals surface area contributed by atoms with Crippen molar-refractivity contribution in [3.05, 3.63) is 34.1 Å². The minimum Gasteiger partial charge on any atom is -0.364 e. The highest BCUT2D eigenvalue weighted by atomic mass is 79.9. The second kappa shape index (κ2) is 4.29. The number of benzene rings is 1. The van der Waals surface area contributed by atoms with Gasteiger partial charge in [-0.25, -0.2) is 4.39 Å². The van der Waals surface area contributed by atoms with E-state index in [9.17, 15) is 14.3 Å². The molecule has 98 valence electrons. The van der Waals surface area contributed by atoms with E-state index in [0.29, 0.717) is 4.47 Å². The molecule has 2 N–H and O–H groups in total. The fourth-order valence-corrected chi connectivity index (χ4v) is 2.34. The summed E-state index contributed by atoms with van der Waals surface area (Å²) in [6.07, 6.45) is 0. The SMILES string of the molecule is CC1(O)OCC(=O)NC1(C)c1cc(Br)ccc1F. The maximum absolute atomic E-state index is 13.9. The first-order valence-corrected chi connectivity index (χ1v) is 6.18. The van der Waals surface area contributed by atoms with Crippen LogP contribution in [0.2, 0.25) is 0 Å². The molecule has 1 aromatic rings. The van der Waals surface area contributed by atoms with Gasteiger partial charge in [0.15, 0.2) is 5.79 Å². The second-order valence-corrected chi connectivity index (χ2v) is 5.48. The molecule has 0 spiro atoms. The van der Waals surface area contributed by atoms with Crippen LogP contribution in [0.3, 0.4) is 0 Å². The van der Waals surface area contributed by atoms with Crippen LogP contribution >= 0.6 is 15.9 Å². The quantitative estimate of drug-likeness (QED) is 0.828. The van der Waals surface area contributed by atoms with Gasteiger partial charge in [-0.3, -0.25) is 4.79 Å².